The normalized spacial score (nSPS) is 11.7. The molecule has 0 radical (unpaired) electrons. The lowest BCUT2D eigenvalue weighted by Crippen LogP contribution is -2.18. The Morgan fingerprint density at radius 3 is 2.35 bits per heavy atom. The van der Waals surface area contributed by atoms with E-state index in [1.165, 1.54) is 31.4 Å². The van der Waals surface area contributed by atoms with Gasteiger partial charge in [-0.3, -0.25) is 9.52 Å². The van der Waals surface area contributed by atoms with Crippen LogP contribution in [-0.4, -0.2) is 27.9 Å². The van der Waals surface area contributed by atoms with Crippen molar-refractivity contribution in [1.29, 1.82) is 0 Å². The molecule has 0 atom stereocenters. The summed E-state index contributed by atoms with van der Waals surface area (Å²) in [7, 11) is -2.87. The molecule has 2 aromatic carbocycles. The molecule has 140 valence electrons. The summed E-state index contributed by atoms with van der Waals surface area (Å²) >= 11 is 0. The molecule has 0 aromatic heterocycles. The topological polar surface area (TPSA) is 81.7 Å². The maximum Gasteiger partial charge on any atom is 0.573 e. The molecule has 0 unspecified atom stereocenters. The second kappa shape index (κ2) is 7.65. The van der Waals surface area contributed by atoms with E-state index in [1.807, 2.05) is 0 Å². The number of carbonyl (C=O) groups excluding carboxylic acids is 1. The minimum Gasteiger partial charge on any atom is -0.469 e. The highest BCUT2D eigenvalue weighted by Crippen LogP contribution is 2.26. The van der Waals surface area contributed by atoms with Gasteiger partial charge >= 0.3 is 12.3 Å². The number of anilines is 1. The van der Waals surface area contributed by atoms with Gasteiger partial charge in [-0.25, -0.2) is 8.42 Å². The third-order valence-electron chi connectivity index (χ3n) is 3.13. The van der Waals surface area contributed by atoms with Gasteiger partial charge < -0.3 is 9.47 Å². The predicted octanol–water partition coefficient (Wildman–Crippen LogP) is 3.10. The molecular weight excluding hydrogens is 375 g/mol. The van der Waals surface area contributed by atoms with Crippen LogP contribution in [-0.2, 0) is 26.0 Å². The molecule has 0 bridgehead atoms. The minimum atomic E-state index is -4.93. The van der Waals surface area contributed by atoms with Crippen molar-refractivity contribution in [3.05, 3.63) is 54.1 Å². The summed E-state index contributed by atoms with van der Waals surface area (Å²) in [6, 6.07) is 9.93. The van der Waals surface area contributed by atoms with Gasteiger partial charge in [-0.05, 0) is 29.8 Å². The van der Waals surface area contributed by atoms with E-state index in [4.69, 9.17) is 0 Å². The number of hydrogen-bond acceptors (Lipinski definition) is 5. The maximum atomic E-state index is 12.3. The summed E-state index contributed by atoms with van der Waals surface area (Å²) in [4.78, 5) is 10.8. The van der Waals surface area contributed by atoms with Crippen molar-refractivity contribution in [3.8, 4) is 5.75 Å². The van der Waals surface area contributed by atoms with Gasteiger partial charge in [-0.15, -0.1) is 13.2 Å². The highest BCUT2D eigenvalue weighted by atomic mass is 32.2. The maximum absolute atomic E-state index is 12.3. The van der Waals surface area contributed by atoms with Gasteiger partial charge in [0.2, 0.25) is 0 Å². The van der Waals surface area contributed by atoms with Gasteiger partial charge in [0, 0.05) is 11.8 Å². The Morgan fingerprint density at radius 1 is 1.12 bits per heavy atom. The molecule has 0 spiro atoms. The largest absolute Gasteiger partial charge is 0.573 e. The van der Waals surface area contributed by atoms with E-state index in [1.54, 1.807) is 0 Å². The van der Waals surface area contributed by atoms with Crippen molar-refractivity contribution in [1.82, 2.24) is 0 Å². The zero-order valence-electron chi connectivity index (χ0n) is 13.4. The van der Waals surface area contributed by atoms with Crippen molar-refractivity contribution >= 4 is 21.7 Å². The van der Waals surface area contributed by atoms with E-state index >= 15 is 0 Å². The summed E-state index contributed by atoms with van der Waals surface area (Å²) < 4.78 is 71.8. The first-order chi connectivity index (χ1) is 12.1. The van der Waals surface area contributed by atoms with E-state index in [0.29, 0.717) is 5.56 Å². The Balaban J connectivity index is 2.16. The number of ether oxygens (including phenoxy) is 2. The predicted molar refractivity (Wildman–Crippen MR) is 86.1 cm³/mol. The molecule has 0 amide bonds. The fourth-order valence-electron chi connectivity index (χ4n) is 1.98. The van der Waals surface area contributed by atoms with Crippen LogP contribution in [0.5, 0.6) is 5.75 Å². The standard InChI is InChI=1S/C16H14F3NO5S/c1-24-15(21)9-11-5-7-12(8-6-11)20-26(22,23)14-4-2-3-13(10-14)25-16(17,18)19/h2-8,10,20H,9H2,1H3. The molecule has 6 nitrogen and oxygen atoms in total. The van der Waals surface area contributed by atoms with Crippen LogP contribution in [0.4, 0.5) is 18.9 Å². The van der Waals surface area contributed by atoms with Crippen LogP contribution in [0.25, 0.3) is 0 Å². The molecule has 2 rings (SSSR count). The fourth-order valence-corrected chi connectivity index (χ4v) is 3.08. The first-order valence-electron chi connectivity index (χ1n) is 7.13. The number of nitrogens with one attached hydrogen (secondary N) is 1. The fraction of sp³-hybridized carbons (Fsp3) is 0.188. The highest BCUT2D eigenvalue weighted by Gasteiger charge is 2.31. The molecule has 0 aliphatic heterocycles. The van der Waals surface area contributed by atoms with E-state index in [0.717, 1.165) is 24.3 Å². The van der Waals surface area contributed by atoms with E-state index < -0.39 is 33.0 Å². The second-order valence-corrected chi connectivity index (χ2v) is 6.76. The summed E-state index contributed by atoms with van der Waals surface area (Å²) in [6.45, 7) is 0. The number of halogens is 3. The van der Waals surface area contributed by atoms with Crippen molar-refractivity contribution < 1.29 is 35.9 Å². The average molecular weight is 389 g/mol. The van der Waals surface area contributed by atoms with Crippen LogP contribution in [0, 0.1) is 0 Å². The van der Waals surface area contributed by atoms with Crippen molar-refractivity contribution in [3.63, 3.8) is 0 Å². The molecule has 0 aliphatic rings. The number of sulfonamides is 1. The van der Waals surface area contributed by atoms with Crippen LogP contribution in [0.15, 0.2) is 53.4 Å². The number of methoxy groups -OCH3 is 1. The average Bonchev–Trinajstić information content (AvgIpc) is 2.55. The third kappa shape index (κ3) is 5.66. The monoisotopic (exact) mass is 389 g/mol. The Bertz CT molecular complexity index is 880. The highest BCUT2D eigenvalue weighted by molar-refractivity contribution is 7.92. The van der Waals surface area contributed by atoms with Crippen LogP contribution < -0.4 is 9.46 Å². The quantitative estimate of drug-likeness (QED) is 0.768. The van der Waals surface area contributed by atoms with Gasteiger partial charge in [0.05, 0.1) is 18.4 Å². The van der Waals surface area contributed by atoms with Crippen molar-refractivity contribution in [2.75, 3.05) is 11.8 Å². The van der Waals surface area contributed by atoms with E-state index in [2.05, 4.69) is 14.2 Å². The van der Waals surface area contributed by atoms with E-state index in [-0.39, 0.29) is 12.1 Å². The molecular formula is C16H14F3NO5S. The second-order valence-electron chi connectivity index (χ2n) is 5.08. The zero-order chi connectivity index (χ0) is 19.4. The lowest BCUT2D eigenvalue weighted by Gasteiger charge is -2.12. The Labute approximate surface area is 147 Å². The van der Waals surface area contributed by atoms with Gasteiger partial charge in [-0.1, -0.05) is 18.2 Å². The van der Waals surface area contributed by atoms with Gasteiger partial charge in [-0.2, -0.15) is 0 Å². The van der Waals surface area contributed by atoms with Gasteiger partial charge in [0.25, 0.3) is 10.0 Å². The number of benzene rings is 2. The number of carbonyl (C=O) groups is 1. The molecule has 0 fully saturated rings. The molecule has 0 saturated carbocycles. The molecule has 26 heavy (non-hydrogen) atoms. The molecule has 0 saturated heterocycles. The molecule has 0 aliphatic carbocycles. The smallest absolute Gasteiger partial charge is 0.469 e. The van der Waals surface area contributed by atoms with E-state index in [9.17, 15) is 26.4 Å². The lowest BCUT2D eigenvalue weighted by atomic mass is 10.1. The minimum absolute atomic E-state index is 0.0281. The van der Waals surface area contributed by atoms with Crippen LogP contribution in [0.2, 0.25) is 0 Å². The Hall–Kier alpha value is -2.75. The summed E-state index contributed by atoms with van der Waals surface area (Å²) in [6.07, 6.45) is -4.90. The summed E-state index contributed by atoms with van der Waals surface area (Å²) in [5.74, 6) is -1.09. The van der Waals surface area contributed by atoms with Crippen molar-refractivity contribution in [2.45, 2.75) is 17.7 Å². The summed E-state index contributed by atoms with van der Waals surface area (Å²) in [5, 5.41) is 0. The summed E-state index contributed by atoms with van der Waals surface area (Å²) in [5.41, 5.74) is 0.793. The van der Waals surface area contributed by atoms with Crippen LogP contribution in [0.3, 0.4) is 0 Å². The lowest BCUT2D eigenvalue weighted by molar-refractivity contribution is -0.274. The van der Waals surface area contributed by atoms with Crippen LogP contribution in [0.1, 0.15) is 5.56 Å². The molecule has 0 heterocycles. The van der Waals surface area contributed by atoms with Crippen molar-refractivity contribution in [2.24, 2.45) is 0 Å². The SMILES string of the molecule is COC(=O)Cc1ccc(NS(=O)(=O)c2cccc(OC(F)(F)F)c2)cc1. The number of esters is 1. The first kappa shape index (κ1) is 19.6. The Morgan fingerprint density at radius 2 is 1.77 bits per heavy atom. The first-order valence-corrected chi connectivity index (χ1v) is 8.62. The molecule has 2 aromatic rings. The number of hydrogen-bond donors (Lipinski definition) is 1. The van der Waals surface area contributed by atoms with Gasteiger partial charge in [0.15, 0.2) is 0 Å². The zero-order valence-corrected chi connectivity index (χ0v) is 14.2. The number of rotatable bonds is 6. The Kier molecular flexibility index (Phi) is 5.76. The van der Waals surface area contributed by atoms with Crippen LogP contribution >= 0.6 is 0 Å². The number of alkyl halides is 3. The molecule has 1 N–H and O–H groups in total. The third-order valence-corrected chi connectivity index (χ3v) is 4.51. The van der Waals surface area contributed by atoms with Gasteiger partial charge in [0.1, 0.15) is 5.75 Å². The molecule has 10 heteroatoms.